The van der Waals surface area contributed by atoms with Crippen molar-refractivity contribution in [3.05, 3.63) is 33.2 Å². The highest BCUT2D eigenvalue weighted by Gasteiger charge is 2.03. The Hall–Kier alpha value is -1.13. The van der Waals surface area contributed by atoms with Crippen LogP contribution in [-0.2, 0) is 11.3 Å². The largest absolute Gasteiger partial charge is 0.383 e. The molecule has 4 nitrogen and oxygen atoms in total. The van der Waals surface area contributed by atoms with Crippen molar-refractivity contribution >= 4 is 0 Å². The molecule has 4 heteroatoms. The molecule has 0 aromatic carbocycles. The fourth-order valence-electron chi connectivity index (χ4n) is 1.49. The summed E-state index contributed by atoms with van der Waals surface area (Å²) in [5.74, 6) is 0. The van der Waals surface area contributed by atoms with Crippen LogP contribution in [-0.4, -0.2) is 25.2 Å². The van der Waals surface area contributed by atoms with Crippen molar-refractivity contribution in [3.8, 4) is 0 Å². The maximum Gasteiger partial charge on any atom is 0.252 e. The Bertz CT molecular complexity index is 371. The molecule has 0 saturated heterocycles. The minimum atomic E-state index is -0.00239. The number of H-pyrrole nitrogens is 1. The van der Waals surface area contributed by atoms with E-state index >= 15 is 0 Å². The smallest absolute Gasteiger partial charge is 0.252 e. The number of pyridine rings is 1. The Labute approximate surface area is 89.7 Å². The number of hydrogen-bond donors (Lipinski definition) is 2. The van der Waals surface area contributed by atoms with E-state index in [1.807, 2.05) is 19.9 Å². The molecule has 0 unspecified atom stereocenters. The van der Waals surface area contributed by atoms with Gasteiger partial charge in [0.05, 0.1) is 6.61 Å². The summed E-state index contributed by atoms with van der Waals surface area (Å²) >= 11 is 0. The zero-order valence-electron chi connectivity index (χ0n) is 9.52. The Balaban J connectivity index is 2.65. The van der Waals surface area contributed by atoms with E-state index in [4.69, 9.17) is 4.74 Å². The van der Waals surface area contributed by atoms with Gasteiger partial charge in [-0.1, -0.05) is 0 Å². The SMILES string of the molecule is COCCNCc1c(C)cc(C)[nH]c1=O. The summed E-state index contributed by atoms with van der Waals surface area (Å²) in [6.45, 7) is 5.84. The average Bonchev–Trinajstić information content (AvgIpc) is 2.15. The van der Waals surface area contributed by atoms with E-state index in [2.05, 4.69) is 10.3 Å². The number of aromatic nitrogens is 1. The second-order valence-corrected chi connectivity index (χ2v) is 3.61. The van der Waals surface area contributed by atoms with Gasteiger partial charge < -0.3 is 15.0 Å². The standard InChI is InChI=1S/C11H18N2O2/c1-8-6-9(2)13-11(14)10(8)7-12-4-5-15-3/h6,12H,4-5,7H2,1-3H3,(H,13,14). The first kappa shape index (κ1) is 11.9. The van der Waals surface area contributed by atoms with Crippen LogP contribution in [0.15, 0.2) is 10.9 Å². The highest BCUT2D eigenvalue weighted by Crippen LogP contribution is 2.02. The number of hydrogen-bond acceptors (Lipinski definition) is 3. The number of aryl methyl sites for hydroxylation is 2. The Morgan fingerprint density at radius 3 is 2.80 bits per heavy atom. The van der Waals surface area contributed by atoms with Gasteiger partial charge in [-0.2, -0.15) is 0 Å². The van der Waals surface area contributed by atoms with Crippen LogP contribution in [0.3, 0.4) is 0 Å². The Morgan fingerprint density at radius 1 is 1.47 bits per heavy atom. The number of nitrogens with one attached hydrogen (secondary N) is 2. The minimum Gasteiger partial charge on any atom is -0.383 e. The van der Waals surface area contributed by atoms with Gasteiger partial charge >= 0.3 is 0 Å². The predicted molar refractivity (Wildman–Crippen MR) is 60.1 cm³/mol. The van der Waals surface area contributed by atoms with Gasteiger partial charge in [0.1, 0.15) is 0 Å². The molecule has 0 atom stereocenters. The molecule has 84 valence electrons. The summed E-state index contributed by atoms with van der Waals surface area (Å²) in [4.78, 5) is 14.4. The van der Waals surface area contributed by atoms with Gasteiger partial charge in [0, 0.05) is 31.5 Å². The summed E-state index contributed by atoms with van der Waals surface area (Å²) in [5.41, 5.74) is 2.73. The van der Waals surface area contributed by atoms with Crippen molar-refractivity contribution in [1.29, 1.82) is 0 Å². The third kappa shape index (κ3) is 3.49. The summed E-state index contributed by atoms with van der Waals surface area (Å²) < 4.78 is 4.91. The monoisotopic (exact) mass is 210 g/mol. The van der Waals surface area contributed by atoms with Gasteiger partial charge in [-0.25, -0.2) is 0 Å². The first-order chi connectivity index (χ1) is 7.15. The van der Waals surface area contributed by atoms with Crippen LogP contribution in [0.4, 0.5) is 0 Å². The predicted octanol–water partition coefficient (Wildman–Crippen LogP) is 0.728. The van der Waals surface area contributed by atoms with Crippen LogP contribution in [0.2, 0.25) is 0 Å². The molecule has 15 heavy (non-hydrogen) atoms. The van der Waals surface area contributed by atoms with Gasteiger partial charge in [-0.05, 0) is 25.5 Å². The van der Waals surface area contributed by atoms with Gasteiger partial charge in [-0.15, -0.1) is 0 Å². The van der Waals surface area contributed by atoms with Gasteiger partial charge in [0.2, 0.25) is 0 Å². The van der Waals surface area contributed by atoms with Crippen LogP contribution in [0.5, 0.6) is 0 Å². The lowest BCUT2D eigenvalue weighted by molar-refractivity contribution is 0.199. The van der Waals surface area contributed by atoms with E-state index in [-0.39, 0.29) is 5.56 Å². The highest BCUT2D eigenvalue weighted by molar-refractivity contribution is 5.24. The average molecular weight is 210 g/mol. The van der Waals surface area contributed by atoms with E-state index in [9.17, 15) is 4.79 Å². The fourth-order valence-corrected chi connectivity index (χ4v) is 1.49. The molecule has 1 heterocycles. The molecular formula is C11H18N2O2. The molecule has 0 saturated carbocycles. The molecule has 0 radical (unpaired) electrons. The van der Waals surface area contributed by atoms with Crippen molar-refractivity contribution in [2.24, 2.45) is 0 Å². The van der Waals surface area contributed by atoms with E-state index in [0.29, 0.717) is 13.2 Å². The quantitative estimate of drug-likeness (QED) is 0.704. The third-order valence-electron chi connectivity index (χ3n) is 2.28. The van der Waals surface area contributed by atoms with Gasteiger partial charge in [0.25, 0.3) is 5.56 Å². The molecule has 0 aliphatic carbocycles. The van der Waals surface area contributed by atoms with Crippen LogP contribution in [0, 0.1) is 13.8 Å². The summed E-state index contributed by atoms with van der Waals surface area (Å²) in [7, 11) is 1.66. The molecule has 1 rings (SSSR count). The molecule has 1 aromatic rings. The maximum atomic E-state index is 11.6. The molecule has 1 aromatic heterocycles. The second kappa shape index (κ2) is 5.68. The lowest BCUT2D eigenvalue weighted by atomic mass is 10.1. The topological polar surface area (TPSA) is 54.1 Å². The van der Waals surface area contributed by atoms with Crippen molar-refractivity contribution in [3.63, 3.8) is 0 Å². The van der Waals surface area contributed by atoms with E-state index in [1.54, 1.807) is 7.11 Å². The van der Waals surface area contributed by atoms with Crippen molar-refractivity contribution in [2.75, 3.05) is 20.3 Å². The molecular weight excluding hydrogens is 192 g/mol. The molecule has 2 N–H and O–H groups in total. The minimum absolute atomic E-state index is 0.00239. The number of aromatic amines is 1. The molecule has 0 bridgehead atoms. The van der Waals surface area contributed by atoms with E-state index in [1.165, 1.54) is 0 Å². The van der Waals surface area contributed by atoms with Crippen molar-refractivity contribution < 1.29 is 4.74 Å². The Morgan fingerprint density at radius 2 is 2.20 bits per heavy atom. The number of methoxy groups -OCH3 is 1. The van der Waals surface area contributed by atoms with Crippen LogP contribution < -0.4 is 10.9 Å². The van der Waals surface area contributed by atoms with Gasteiger partial charge in [0.15, 0.2) is 0 Å². The lowest BCUT2D eigenvalue weighted by Crippen LogP contribution is -2.25. The molecule has 0 aliphatic rings. The van der Waals surface area contributed by atoms with Crippen LogP contribution in [0.25, 0.3) is 0 Å². The number of ether oxygens (including phenoxy) is 1. The van der Waals surface area contributed by atoms with Crippen molar-refractivity contribution in [1.82, 2.24) is 10.3 Å². The summed E-state index contributed by atoms with van der Waals surface area (Å²) in [5, 5.41) is 3.16. The normalized spacial score (nSPS) is 10.6. The lowest BCUT2D eigenvalue weighted by Gasteiger charge is -2.07. The van der Waals surface area contributed by atoms with Crippen molar-refractivity contribution in [2.45, 2.75) is 20.4 Å². The van der Waals surface area contributed by atoms with E-state index in [0.717, 1.165) is 23.4 Å². The highest BCUT2D eigenvalue weighted by atomic mass is 16.5. The Kier molecular flexibility index (Phi) is 4.52. The molecule has 0 aliphatic heterocycles. The third-order valence-corrected chi connectivity index (χ3v) is 2.28. The van der Waals surface area contributed by atoms with Crippen LogP contribution >= 0.6 is 0 Å². The first-order valence-electron chi connectivity index (χ1n) is 5.04. The molecule has 0 fully saturated rings. The van der Waals surface area contributed by atoms with Crippen LogP contribution in [0.1, 0.15) is 16.8 Å². The molecule has 0 amide bonds. The van der Waals surface area contributed by atoms with E-state index < -0.39 is 0 Å². The zero-order chi connectivity index (χ0) is 11.3. The fraction of sp³-hybridized carbons (Fsp3) is 0.545. The summed E-state index contributed by atoms with van der Waals surface area (Å²) in [6.07, 6.45) is 0. The second-order valence-electron chi connectivity index (χ2n) is 3.61. The summed E-state index contributed by atoms with van der Waals surface area (Å²) in [6, 6.07) is 1.98. The molecule has 0 spiro atoms. The first-order valence-corrected chi connectivity index (χ1v) is 5.04. The number of rotatable bonds is 5. The zero-order valence-corrected chi connectivity index (χ0v) is 9.52. The van der Waals surface area contributed by atoms with Gasteiger partial charge in [-0.3, -0.25) is 4.79 Å². The maximum absolute atomic E-state index is 11.6.